The van der Waals surface area contributed by atoms with Crippen LogP contribution in [0.2, 0.25) is 0 Å². The molecule has 0 bridgehead atoms. The van der Waals surface area contributed by atoms with Crippen LogP contribution in [0, 0.1) is 0 Å². The molecule has 0 fully saturated rings. The molecule has 0 aliphatic heterocycles. The normalized spacial score (nSPS) is 13.0. The van der Waals surface area contributed by atoms with Crippen molar-refractivity contribution >= 4 is 11.3 Å². The molecule has 0 radical (unpaired) electrons. The smallest absolute Gasteiger partial charge is 0.138 e. The lowest BCUT2D eigenvalue weighted by Crippen LogP contribution is -2.11. The van der Waals surface area contributed by atoms with Crippen LogP contribution in [0.15, 0.2) is 30.3 Å². The fraction of sp³-hybridized carbons (Fsp3) is 0.333. The lowest BCUT2D eigenvalue weighted by molar-refractivity contribution is 0.794. The summed E-state index contributed by atoms with van der Waals surface area (Å²) in [6.45, 7) is 4.22. The van der Waals surface area contributed by atoms with Crippen LogP contribution in [0.4, 0.5) is 0 Å². The van der Waals surface area contributed by atoms with Gasteiger partial charge in [-0.1, -0.05) is 55.5 Å². The molecule has 0 saturated carbocycles. The summed E-state index contributed by atoms with van der Waals surface area (Å²) in [5.74, 6) is 0.411. The third-order valence-electron chi connectivity index (χ3n) is 2.37. The molecular weight excluding hydrogens is 218 g/mol. The number of nitrogens with zero attached hydrogens (tertiary/aromatic N) is 2. The fourth-order valence-corrected chi connectivity index (χ4v) is 2.28. The van der Waals surface area contributed by atoms with E-state index in [9.17, 15) is 0 Å². The van der Waals surface area contributed by atoms with Crippen molar-refractivity contribution in [2.24, 2.45) is 5.73 Å². The molecule has 1 aromatic carbocycles. The molecule has 0 spiro atoms. The summed E-state index contributed by atoms with van der Waals surface area (Å²) >= 11 is 1.60. The van der Waals surface area contributed by atoms with E-state index in [1.807, 2.05) is 30.3 Å². The zero-order valence-corrected chi connectivity index (χ0v) is 10.2. The molecule has 1 atom stereocenters. The summed E-state index contributed by atoms with van der Waals surface area (Å²) in [7, 11) is 0. The van der Waals surface area contributed by atoms with Gasteiger partial charge in [0.2, 0.25) is 0 Å². The third-order valence-corrected chi connectivity index (χ3v) is 3.68. The van der Waals surface area contributed by atoms with Crippen molar-refractivity contribution in [3.05, 3.63) is 45.9 Å². The Kier molecular flexibility index (Phi) is 3.31. The predicted octanol–water partition coefficient (Wildman–Crippen LogP) is 2.71. The maximum atomic E-state index is 6.14. The zero-order valence-electron chi connectivity index (χ0n) is 9.42. The molecule has 16 heavy (non-hydrogen) atoms. The molecule has 0 amide bonds. The standard InChI is InChI=1S/C12H15N3S/c1-8(2)11-14-15-12(16-11)10(13)9-6-4-3-5-7-9/h3-8,10H,13H2,1-2H3. The molecule has 1 heterocycles. The van der Waals surface area contributed by atoms with E-state index in [2.05, 4.69) is 24.0 Å². The first-order valence-corrected chi connectivity index (χ1v) is 6.14. The second-order valence-corrected chi connectivity index (χ2v) is 5.06. The van der Waals surface area contributed by atoms with Gasteiger partial charge in [-0.3, -0.25) is 0 Å². The van der Waals surface area contributed by atoms with Crippen LogP contribution in [-0.4, -0.2) is 10.2 Å². The van der Waals surface area contributed by atoms with Gasteiger partial charge in [-0.05, 0) is 5.56 Å². The number of hydrogen-bond donors (Lipinski definition) is 1. The summed E-state index contributed by atoms with van der Waals surface area (Å²) in [6.07, 6.45) is 0. The quantitative estimate of drug-likeness (QED) is 0.886. The van der Waals surface area contributed by atoms with Crippen LogP contribution >= 0.6 is 11.3 Å². The Morgan fingerprint density at radius 1 is 1.06 bits per heavy atom. The number of rotatable bonds is 3. The Morgan fingerprint density at radius 3 is 2.25 bits per heavy atom. The molecular formula is C12H15N3S. The molecule has 3 nitrogen and oxygen atoms in total. The lowest BCUT2D eigenvalue weighted by Gasteiger charge is -2.07. The molecule has 2 N–H and O–H groups in total. The average molecular weight is 233 g/mol. The first-order chi connectivity index (χ1) is 7.68. The monoisotopic (exact) mass is 233 g/mol. The van der Waals surface area contributed by atoms with Gasteiger partial charge in [-0.2, -0.15) is 0 Å². The maximum absolute atomic E-state index is 6.14. The highest BCUT2D eigenvalue weighted by atomic mass is 32.1. The predicted molar refractivity (Wildman–Crippen MR) is 66.5 cm³/mol. The van der Waals surface area contributed by atoms with Gasteiger partial charge in [-0.15, -0.1) is 10.2 Å². The van der Waals surface area contributed by atoms with Crippen LogP contribution in [0.1, 0.15) is 41.4 Å². The second-order valence-electron chi connectivity index (χ2n) is 4.02. The minimum Gasteiger partial charge on any atom is -0.318 e. The van der Waals surface area contributed by atoms with Crippen molar-refractivity contribution in [3.63, 3.8) is 0 Å². The van der Waals surface area contributed by atoms with Gasteiger partial charge in [0, 0.05) is 5.92 Å². The van der Waals surface area contributed by atoms with Crippen LogP contribution in [0.25, 0.3) is 0 Å². The van der Waals surface area contributed by atoms with Crippen LogP contribution < -0.4 is 5.73 Å². The Hall–Kier alpha value is -1.26. The maximum Gasteiger partial charge on any atom is 0.138 e. The van der Waals surface area contributed by atoms with E-state index in [0.717, 1.165) is 15.6 Å². The van der Waals surface area contributed by atoms with E-state index in [1.54, 1.807) is 11.3 Å². The SMILES string of the molecule is CC(C)c1nnc(C(N)c2ccccc2)s1. The molecule has 0 saturated heterocycles. The van der Waals surface area contributed by atoms with Gasteiger partial charge in [0.1, 0.15) is 10.0 Å². The molecule has 0 aliphatic rings. The third kappa shape index (κ3) is 2.28. The van der Waals surface area contributed by atoms with Gasteiger partial charge < -0.3 is 5.73 Å². The first kappa shape index (κ1) is 11.2. The van der Waals surface area contributed by atoms with E-state index in [0.29, 0.717) is 5.92 Å². The van der Waals surface area contributed by atoms with Crippen molar-refractivity contribution in [1.82, 2.24) is 10.2 Å². The lowest BCUT2D eigenvalue weighted by atomic mass is 10.1. The summed E-state index contributed by atoms with van der Waals surface area (Å²) in [5.41, 5.74) is 7.22. The summed E-state index contributed by atoms with van der Waals surface area (Å²) in [6, 6.07) is 9.82. The molecule has 1 unspecified atom stereocenters. The topological polar surface area (TPSA) is 51.8 Å². The van der Waals surface area contributed by atoms with E-state index >= 15 is 0 Å². The summed E-state index contributed by atoms with van der Waals surface area (Å²) in [5, 5.41) is 10.2. The zero-order chi connectivity index (χ0) is 11.5. The van der Waals surface area contributed by atoms with Crippen LogP contribution in [-0.2, 0) is 0 Å². The van der Waals surface area contributed by atoms with Crippen molar-refractivity contribution in [1.29, 1.82) is 0 Å². The Bertz CT molecular complexity index is 450. The van der Waals surface area contributed by atoms with Crippen LogP contribution in [0.5, 0.6) is 0 Å². The van der Waals surface area contributed by atoms with Crippen LogP contribution in [0.3, 0.4) is 0 Å². The minimum atomic E-state index is -0.161. The highest BCUT2D eigenvalue weighted by molar-refractivity contribution is 7.11. The molecule has 1 aromatic heterocycles. The van der Waals surface area contributed by atoms with E-state index in [-0.39, 0.29) is 6.04 Å². The fourth-order valence-electron chi connectivity index (χ4n) is 1.41. The van der Waals surface area contributed by atoms with Crippen molar-refractivity contribution < 1.29 is 0 Å². The Morgan fingerprint density at radius 2 is 1.69 bits per heavy atom. The van der Waals surface area contributed by atoms with E-state index in [1.165, 1.54) is 0 Å². The van der Waals surface area contributed by atoms with E-state index in [4.69, 9.17) is 5.73 Å². The van der Waals surface area contributed by atoms with Gasteiger partial charge in [0.05, 0.1) is 6.04 Å². The van der Waals surface area contributed by atoms with Gasteiger partial charge in [0.25, 0.3) is 0 Å². The minimum absolute atomic E-state index is 0.161. The molecule has 0 aliphatic carbocycles. The highest BCUT2D eigenvalue weighted by Crippen LogP contribution is 2.25. The highest BCUT2D eigenvalue weighted by Gasteiger charge is 2.15. The number of benzene rings is 1. The van der Waals surface area contributed by atoms with Crippen molar-refractivity contribution in [2.45, 2.75) is 25.8 Å². The van der Waals surface area contributed by atoms with Crippen molar-refractivity contribution in [3.8, 4) is 0 Å². The summed E-state index contributed by atoms with van der Waals surface area (Å²) < 4.78 is 0. The number of nitrogens with two attached hydrogens (primary N) is 1. The van der Waals surface area contributed by atoms with Gasteiger partial charge >= 0.3 is 0 Å². The summed E-state index contributed by atoms with van der Waals surface area (Å²) in [4.78, 5) is 0. The Balaban J connectivity index is 2.24. The van der Waals surface area contributed by atoms with Crippen molar-refractivity contribution in [2.75, 3.05) is 0 Å². The van der Waals surface area contributed by atoms with E-state index < -0.39 is 0 Å². The van der Waals surface area contributed by atoms with Gasteiger partial charge in [-0.25, -0.2) is 0 Å². The number of aromatic nitrogens is 2. The largest absolute Gasteiger partial charge is 0.318 e. The second kappa shape index (κ2) is 4.72. The molecule has 4 heteroatoms. The number of hydrogen-bond acceptors (Lipinski definition) is 4. The van der Waals surface area contributed by atoms with Gasteiger partial charge in [0.15, 0.2) is 0 Å². The molecule has 2 aromatic rings. The average Bonchev–Trinajstić information content (AvgIpc) is 2.78. The Labute approximate surface area is 99.3 Å². The molecule has 84 valence electrons. The first-order valence-electron chi connectivity index (χ1n) is 5.32. The molecule has 2 rings (SSSR count).